The smallest absolute Gasteiger partial charge is 0.219 e. The number of thioether (sulfide) groups is 1. The van der Waals surface area contributed by atoms with E-state index in [-0.39, 0.29) is 9.80 Å². The minimum Gasteiger partial charge on any atom is -0.340 e. The summed E-state index contributed by atoms with van der Waals surface area (Å²) in [6.07, 6.45) is 2.67. The third kappa shape index (κ3) is 3.85. The molecule has 1 heterocycles. The lowest BCUT2D eigenvalue weighted by Crippen LogP contribution is -2.19. The van der Waals surface area contributed by atoms with Gasteiger partial charge in [0, 0.05) is 17.6 Å². The lowest BCUT2D eigenvalue weighted by atomic mass is 10.1. The van der Waals surface area contributed by atoms with Gasteiger partial charge in [0.1, 0.15) is 11.1 Å². The second-order valence-corrected chi connectivity index (χ2v) is 8.95. The average Bonchev–Trinajstić information content (AvgIpc) is 3.02. The summed E-state index contributed by atoms with van der Waals surface area (Å²) < 4.78 is 25.9. The molecule has 0 radical (unpaired) electrons. The Morgan fingerprint density at radius 3 is 2.31 bits per heavy atom. The van der Waals surface area contributed by atoms with Crippen molar-refractivity contribution in [2.75, 3.05) is 6.54 Å². The SMILES string of the molecule is CC1=CN(CCc2ccccc2)/C(=C(/C#N)S(=O)(=O)c2ccccc2)S1. The Morgan fingerprint density at radius 2 is 1.69 bits per heavy atom. The van der Waals surface area contributed by atoms with Crippen molar-refractivity contribution in [2.24, 2.45) is 0 Å². The first-order valence-corrected chi connectivity index (χ1v) is 10.4. The van der Waals surface area contributed by atoms with E-state index in [4.69, 9.17) is 0 Å². The van der Waals surface area contributed by atoms with E-state index in [0.717, 1.165) is 11.3 Å². The fraction of sp³-hybridized carbons (Fsp3) is 0.150. The third-order valence-corrected chi connectivity index (χ3v) is 6.86. The Bertz CT molecular complexity index is 989. The molecule has 0 N–H and O–H groups in total. The summed E-state index contributed by atoms with van der Waals surface area (Å²) >= 11 is 1.33. The number of hydrogen-bond acceptors (Lipinski definition) is 5. The molecule has 0 aromatic heterocycles. The zero-order valence-electron chi connectivity index (χ0n) is 14.3. The molecule has 0 saturated heterocycles. The third-order valence-electron chi connectivity index (χ3n) is 3.96. The standard InChI is InChI=1S/C20H18N2O2S2/c1-16-15-22(13-12-17-8-4-2-5-9-17)20(25-16)19(14-21)26(23,24)18-10-6-3-7-11-18/h2-11,15H,12-13H2,1H3/b20-19+. The van der Waals surface area contributed by atoms with Gasteiger partial charge in [-0.3, -0.25) is 0 Å². The van der Waals surface area contributed by atoms with Crippen LogP contribution in [0.5, 0.6) is 0 Å². The highest BCUT2D eigenvalue weighted by molar-refractivity contribution is 8.08. The molecule has 2 aromatic carbocycles. The summed E-state index contributed by atoms with van der Waals surface area (Å²) in [6.45, 7) is 2.52. The molecule has 0 saturated carbocycles. The van der Waals surface area contributed by atoms with Crippen molar-refractivity contribution in [3.63, 3.8) is 0 Å². The molecule has 1 aliphatic rings. The first-order chi connectivity index (χ1) is 12.5. The molecule has 3 rings (SSSR count). The van der Waals surface area contributed by atoms with Crippen molar-refractivity contribution >= 4 is 21.6 Å². The summed E-state index contributed by atoms with van der Waals surface area (Å²) in [4.78, 5) is 2.77. The van der Waals surface area contributed by atoms with Gasteiger partial charge in [-0.05, 0) is 31.0 Å². The molecular formula is C20H18N2O2S2. The molecule has 0 atom stereocenters. The first kappa shape index (κ1) is 18.3. The highest BCUT2D eigenvalue weighted by atomic mass is 32.2. The molecule has 1 aliphatic heterocycles. The van der Waals surface area contributed by atoms with Gasteiger partial charge in [-0.15, -0.1) is 0 Å². The molecule has 0 unspecified atom stereocenters. The van der Waals surface area contributed by atoms with Gasteiger partial charge in [-0.25, -0.2) is 8.42 Å². The lowest BCUT2D eigenvalue weighted by Gasteiger charge is -2.19. The van der Waals surface area contributed by atoms with Gasteiger partial charge < -0.3 is 4.90 Å². The van der Waals surface area contributed by atoms with Gasteiger partial charge in [0.25, 0.3) is 0 Å². The molecule has 4 nitrogen and oxygen atoms in total. The molecule has 132 valence electrons. The van der Waals surface area contributed by atoms with Gasteiger partial charge >= 0.3 is 0 Å². The van der Waals surface area contributed by atoms with Crippen molar-refractivity contribution in [1.82, 2.24) is 4.90 Å². The van der Waals surface area contributed by atoms with Crippen molar-refractivity contribution in [3.8, 4) is 6.07 Å². The van der Waals surface area contributed by atoms with Gasteiger partial charge in [-0.2, -0.15) is 5.26 Å². The molecule has 0 bridgehead atoms. The number of nitrogens with zero attached hydrogens (tertiary/aromatic N) is 2. The minimum absolute atomic E-state index is 0.136. The summed E-state index contributed by atoms with van der Waals surface area (Å²) in [5, 5.41) is 10.1. The topological polar surface area (TPSA) is 61.2 Å². The fourth-order valence-corrected chi connectivity index (χ4v) is 5.25. The number of allylic oxidation sites excluding steroid dienone is 2. The predicted octanol–water partition coefficient (Wildman–Crippen LogP) is 4.31. The van der Waals surface area contributed by atoms with Gasteiger partial charge in [-0.1, -0.05) is 60.3 Å². The monoisotopic (exact) mass is 382 g/mol. The zero-order valence-corrected chi connectivity index (χ0v) is 15.9. The second kappa shape index (κ2) is 7.81. The Kier molecular flexibility index (Phi) is 5.50. The Hall–Kier alpha value is -2.49. The fourth-order valence-electron chi connectivity index (χ4n) is 2.69. The van der Waals surface area contributed by atoms with Crippen LogP contribution in [0.15, 0.2) is 86.6 Å². The van der Waals surface area contributed by atoms with E-state index in [2.05, 4.69) is 0 Å². The largest absolute Gasteiger partial charge is 0.340 e. The van der Waals surface area contributed by atoms with Crippen LogP contribution in [-0.4, -0.2) is 19.9 Å². The van der Waals surface area contributed by atoms with E-state index in [1.807, 2.05) is 54.4 Å². The summed E-state index contributed by atoms with van der Waals surface area (Å²) in [5.41, 5.74) is 1.17. The second-order valence-electron chi connectivity index (χ2n) is 5.83. The molecule has 0 aliphatic carbocycles. The maximum Gasteiger partial charge on any atom is 0.219 e. The van der Waals surface area contributed by atoms with Gasteiger partial charge in [0.15, 0.2) is 4.91 Å². The van der Waals surface area contributed by atoms with Crippen LogP contribution in [0.1, 0.15) is 12.5 Å². The molecule has 2 aromatic rings. The average molecular weight is 383 g/mol. The lowest BCUT2D eigenvalue weighted by molar-refractivity contribution is 0.501. The number of hydrogen-bond donors (Lipinski definition) is 0. The van der Waals surface area contributed by atoms with Crippen LogP contribution in [-0.2, 0) is 16.3 Å². The normalized spacial score (nSPS) is 16.2. The zero-order chi connectivity index (χ0) is 18.6. The minimum atomic E-state index is -3.85. The highest BCUT2D eigenvalue weighted by Crippen LogP contribution is 2.40. The molecule has 6 heteroatoms. The molecule has 0 fully saturated rings. The van der Waals surface area contributed by atoms with Crippen molar-refractivity contribution in [3.05, 3.63) is 87.3 Å². The predicted molar refractivity (Wildman–Crippen MR) is 104 cm³/mol. The summed E-state index contributed by atoms with van der Waals surface area (Å²) in [7, 11) is -3.85. The van der Waals surface area contributed by atoms with E-state index in [1.54, 1.807) is 18.2 Å². The van der Waals surface area contributed by atoms with Crippen molar-refractivity contribution in [1.29, 1.82) is 5.26 Å². The summed E-state index contributed by atoms with van der Waals surface area (Å²) in [5.74, 6) is 0. The summed E-state index contributed by atoms with van der Waals surface area (Å²) in [6, 6.07) is 20.0. The Balaban J connectivity index is 1.94. The van der Waals surface area contributed by atoms with Crippen LogP contribution in [0.25, 0.3) is 0 Å². The van der Waals surface area contributed by atoms with Crippen LogP contribution in [0.4, 0.5) is 0 Å². The van der Waals surface area contributed by atoms with E-state index in [9.17, 15) is 13.7 Å². The quantitative estimate of drug-likeness (QED) is 0.721. The van der Waals surface area contributed by atoms with E-state index < -0.39 is 9.84 Å². The van der Waals surface area contributed by atoms with Gasteiger partial charge in [0.2, 0.25) is 9.84 Å². The molecule has 0 amide bonds. The van der Waals surface area contributed by atoms with Crippen LogP contribution < -0.4 is 0 Å². The molecular weight excluding hydrogens is 364 g/mol. The Labute approximate surface area is 158 Å². The van der Waals surface area contributed by atoms with E-state index in [1.165, 1.54) is 29.5 Å². The molecule has 26 heavy (non-hydrogen) atoms. The van der Waals surface area contributed by atoms with Crippen LogP contribution >= 0.6 is 11.8 Å². The van der Waals surface area contributed by atoms with Crippen molar-refractivity contribution in [2.45, 2.75) is 18.2 Å². The maximum absolute atomic E-state index is 12.9. The Morgan fingerprint density at radius 1 is 1.08 bits per heavy atom. The number of sulfone groups is 1. The van der Waals surface area contributed by atoms with Crippen LogP contribution in [0, 0.1) is 11.3 Å². The van der Waals surface area contributed by atoms with Gasteiger partial charge in [0.05, 0.1) is 4.90 Å². The first-order valence-electron chi connectivity index (χ1n) is 8.14. The number of rotatable bonds is 5. The van der Waals surface area contributed by atoms with Crippen LogP contribution in [0.2, 0.25) is 0 Å². The van der Waals surface area contributed by atoms with Crippen molar-refractivity contribution < 1.29 is 8.42 Å². The van der Waals surface area contributed by atoms with E-state index in [0.29, 0.717) is 11.6 Å². The van der Waals surface area contributed by atoms with Crippen LogP contribution in [0.3, 0.4) is 0 Å². The number of nitriles is 1. The number of benzene rings is 2. The van der Waals surface area contributed by atoms with E-state index >= 15 is 0 Å². The maximum atomic E-state index is 12.9. The molecule has 0 spiro atoms. The highest BCUT2D eigenvalue weighted by Gasteiger charge is 2.30.